The lowest BCUT2D eigenvalue weighted by Crippen LogP contribution is -2.06. The molecule has 0 aliphatic rings. The van der Waals surface area contributed by atoms with Crippen molar-refractivity contribution in [3.63, 3.8) is 0 Å². The van der Waals surface area contributed by atoms with Crippen LogP contribution >= 0.6 is 11.8 Å². The summed E-state index contributed by atoms with van der Waals surface area (Å²) in [5, 5.41) is 0. The molecule has 0 spiro atoms. The molecule has 0 saturated heterocycles. The molecule has 0 aliphatic heterocycles. The Morgan fingerprint density at radius 2 is 1.70 bits per heavy atom. The third-order valence-electron chi connectivity index (χ3n) is 4.17. The molecule has 0 unspecified atom stereocenters. The quantitative estimate of drug-likeness (QED) is 0.416. The molecule has 3 aromatic rings. The average molecular weight is 381 g/mol. The Bertz CT molecular complexity index is 953. The highest BCUT2D eigenvalue weighted by Gasteiger charge is 2.16. The summed E-state index contributed by atoms with van der Waals surface area (Å²) in [4.78, 5) is 17.4. The van der Waals surface area contributed by atoms with Crippen molar-refractivity contribution >= 4 is 17.7 Å². The lowest BCUT2D eigenvalue weighted by Gasteiger charge is -2.15. The summed E-state index contributed by atoms with van der Waals surface area (Å²) in [6, 6.07) is 16.2. The van der Waals surface area contributed by atoms with Gasteiger partial charge in [0.15, 0.2) is 5.75 Å². The normalized spacial score (nSPS) is 10.7. The van der Waals surface area contributed by atoms with Crippen LogP contribution in [0.4, 0.5) is 4.39 Å². The number of halogens is 1. The molecule has 3 rings (SSSR count). The van der Waals surface area contributed by atoms with Gasteiger partial charge in [-0.3, -0.25) is 4.79 Å². The molecule has 0 fully saturated rings. The molecule has 0 saturated carbocycles. The van der Waals surface area contributed by atoms with E-state index in [1.165, 1.54) is 19.1 Å². The molecule has 27 heavy (non-hydrogen) atoms. The van der Waals surface area contributed by atoms with Crippen molar-refractivity contribution in [1.82, 2.24) is 4.98 Å². The highest BCUT2D eigenvalue weighted by molar-refractivity contribution is 7.98. The van der Waals surface area contributed by atoms with Gasteiger partial charge in [0, 0.05) is 22.9 Å². The Kier molecular flexibility index (Phi) is 5.91. The topological polar surface area (TPSA) is 39.2 Å². The molecule has 0 radical (unpaired) electrons. The number of thioether (sulfide) groups is 1. The number of rotatable bonds is 5. The minimum Gasteiger partial charge on any atom is -0.425 e. The summed E-state index contributed by atoms with van der Waals surface area (Å²) in [5.74, 6) is -0.259. The van der Waals surface area contributed by atoms with Gasteiger partial charge in [0.05, 0.1) is 11.4 Å². The van der Waals surface area contributed by atoms with Crippen molar-refractivity contribution < 1.29 is 13.9 Å². The number of pyridine rings is 1. The molecule has 2 aromatic carbocycles. The Balaban J connectivity index is 2.21. The molecule has 0 bridgehead atoms. The fourth-order valence-electron chi connectivity index (χ4n) is 2.85. The summed E-state index contributed by atoms with van der Waals surface area (Å²) in [7, 11) is 0. The van der Waals surface area contributed by atoms with Gasteiger partial charge in [-0.1, -0.05) is 31.2 Å². The van der Waals surface area contributed by atoms with Crippen LogP contribution in [0.5, 0.6) is 5.75 Å². The average Bonchev–Trinajstić information content (AvgIpc) is 2.68. The minimum absolute atomic E-state index is 0.303. The van der Waals surface area contributed by atoms with E-state index in [0.717, 1.165) is 27.3 Å². The molecule has 1 heterocycles. The summed E-state index contributed by atoms with van der Waals surface area (Å²) in [6.45, 7) is 3.33. The first-order valence-corrected chi connectivity index (χ1v) is 9.87. The summed E-state index contributed by atoms with van der Waals surface area (Å²) < 4.78 is 18.8. The van der Waals surface area contributed by atoms with E-state index in [1.807, 2.05) is 43.5 Å². The van der Waals surface area contributed by atoms with Crippen molar-refractivity contribution in [2.45, 2.75) is 25.2 Å². The van der Waals surface area contributed by atoms with Gasteiger partial charge in [-0.2, -0.15) is 0 Å². The third kappa shape index (κ3) is 4.37. The molecule has 5 heteroatoms. The molecule has 0 aliphatic carbocycles. The van der Waals surface area contributed by atoms with Crippen molar-refractivity contribution in [3.8, 4) is 28.1 Å². The van der Waals surface area contributed by atoms with E-state index in [9.17, 15) is 9.18 Å². The van der Waals surface area contributed by atoms with Gasteiger partial charge in [-0.15, -0.1) is 11.8 Å². The highest BCUT2D eigenvalue weighted by Crippen LogP contribution is 2.36. The summed E-state index contributed by atoms with van der Waals surface area (Å²) in [5.41, 5.74) is 4.04. The maximum atomic E-state index is 13.4. The second kappa shape index (κ2) is 8.35. The maximum Gasteiger partial charge on any atom is 0.308 e. The second-order valence-electron chi connectivity index (χ2n) is 6.01. The van der Waals surface area contributed by atoms with Crippen LogP contribution in [0.2, 0.25) is 0 Å². The van der Waals surface area contributed by atoms with Crippen molar-refractivity contribution in [1.29, 1.82) is 0 Å². The van der Waals surface area contributed by atoms with E-state index in [2.05, 4.69) is 0 Å². The molecular weight excluding hydrogens is 361 g/mol. The lowest BCUT2D eigenvalue weighted by molar-refractivity contribution is -0.131. The van der Waals surface area contributed by atoms with Crippen LogP contribution in [0.1, 0.15) is 19.5 Å². The van der Waals surface area contributed by atoms with Crippen LogP contribution in [0.15, 0.2) is 59.5 Å². The number of aryl methyl sites for hydroxylation is 1. The number of carbonyl (C=O) groups excluding carboxylic acids is 1. The maximum absolute atomic E-state index is 13.4. The zero-order valence-electron chi connectivity index (χ0n) is 15.5. The van der Waals surface area contributed by atoms with E-state index < -0.39 is 5.97 Å². The van der Waals surface area contributed by atoms with E-state index in [0.29, 0.717) is 17.9 Å². The predicted octanol–water partition coefficient (Wildman–Crippen LogP) is 5.76. The molecule has 0 amide bonds. The SMILES string of the molecule is CCc1nc(-c2ccc(SC)cc2)c(-c2ccc(F)cc2)cc1OC(C)=O. The van der Waals surface area contributed by atoms with Crippen LogP contribution in [-0.4, -0.2) is 17.2 Å². The van der Waals surface area contributed by atoms with E-state index in [-0.39, 0.29) is 5.82 Å². The largest absolute Gasteiger partial charge is 0.425 e. The number of benzene rings is 2. The zero-order chi connectivity index (χ0) is 19.4. The number of nitrogens with zero attached hydrogens (tertiary/aromatic N) is 1. The van der Waals surface area contributed by atoms with Gasteiger partial charge in [0.25, 0.3) is 0 Å². The number of hydrogen-bond donors (Lipinski definition) is 0. The lowest BCUT2D eigenvalue weighted by atomic mass is 9.98. The fourth-order valence-corrected chi connectivity index (χ4v) is 3.26. The van der Waals surface area contributed by atoms with Crippen LogP contribution in [-0.2, 0) is 11.2 Å². The van der Waals surface area contributed by atoms with Crippen LogP contribution in [0.25, 0.3) is 22.4 Å². The Morgan fingerprint density at radius 3 is 2.26 bits per heavy atom. The van der Waals surface area contributed by atoms with Crippen LogP contribution in [0.3, 0.4) is 0 Å². The number of carbonyl (C=O) groups is 1. The van der Waals surface area contributed by atoms with Gasteiger partial charge in [0.2, 0.25) is 0 Å². The Hall–Kier alpha value is -2.66. The number of ether oxygens (including phenoxy) is 1. The van der Waals surface area contributed by atoms with Crippen molar-refractivity contribution in [3.05, 3.63) is 66.1 Å². The van der Waals surface area contributed by atoms with Gasteiger partial charge >= 0.3 is 5.97 Å². The fraction of sp³-hybridized carbons (Fsp3) is 0.182. The zero-order valence-corrected chi connectivity index (χ0v) is 16.3. The molecule has 1 aromatic heterocycles. The van der Waals surface area contributed by atoms with E-state index in [4.69, 9.17) is 9.72 Å². The molecule has 138 valence electrons. The van der Waals surface area contributed by atoms with Gasteiger partial charge in [-0.25, -0.2) is 9.37 Å². The van der Waals surface area contributed by atoms with Crippen molar-refractivity contribution in [2.75, 3.05) is 6.26 Å². The predicted molar refractivity (Wildman–Crippen MR) is 108 cm³/mol. The van der Waals surface area contributed by atoms with E-state index >= 15 is 0 Å². The first-order valence-electron chi connectivity index (χ1n) is 8.64. The van der Waals surface area contributed by atoms with Crippen LogP contribution in [0, 0.1) is 5.82 Å². The number of aromatic nitrogens is 1. The van der Waals surface area contributed by atoms with Crippen molar-refractivity contribution in [2.24, 2.45) is 0 Å². The third-order valence-corrected chi connectivity index (χ3v) is 4.91. The molecular formula is C22H20FNO2S. The summed E-state index contributed by atoms with van der Waals surface area (Å²) >= 11 is 1.67. The van der Waals surface area contributed by atoms with Gasteiger partial charge < -0.3 is 4.74 Å². The monoisotopic (exact) mass is 381 g/mol. The smallest absolute Gasteiger partial charge is 0.308 e. The number of esters is 1. The first-order chi connectivity index (χ1) is 13.0. The summed E-state index contributed by atoms with van der Waals surface area (Å²) in [6.07, 6.45) is 2.66. The standard InChI is InChI=1S/C22H20FNO2S/c1-4-20-21(26-14(2)25)13-19(15-5-9-17(23)10-6-15)22(24-20)16-7-11-18(27-3)12-8-16/h5-13H,4H2,1-3H3. The molecule has 0 N–H and O–H groups in total. The Labute approximate surface area is 162 Å². The number of hydrogen-bond acceptors (Lipinski definition) is 4. The van der Waals surface area contributed by atoms with Gasteiger partial charge in [0.1, 0.15) is 5.82 Å². The Morgan fingerprint density at radius 1 is 1.07 bits per heavy atom. The van der Waals surface area contributed by atoms with Gasteiger partial charge in [-0.05, 0) is 48.6 Å². The molecule has 0 atom stereocenters. The van der Waals surface area contributed by atoms with Crippen LogP contribution < -0.4 is 4.74 Å². The second-order valence-corrected chi connectivity index (χ2v) is 6.89. The minimum atomic E-state index is -0.395. The van der Waals surface area contributed by atoms with E-state index in [1.54, 1.807) is 23.9 Å². The highest BCUT2D eigenvalue weighted by atomic mass is 32.2. The molecule has 3 nitrogen and oxygen atoms in total. The first kappa shape index (κ1) is 19.1.